The quantitative estimate of drug-likeness (QED) is 0.400. The van der Waals surface area contributed by atoms with Gasteiger partial charge in [-0.25, -0.2) is 8.42 Å². The predicted octanol–water partition coefficient (Wildman–Crippen LogP) is 5.85. The van der Waals surface area contributed by atoms with Crippen molar-refractivity contribution >= 4 is 49.7 Å². The van der Waals surface area contributed by atoms with Gasteiger partial charge in [0.15, 0.2) is 0 Å². The van der Waals surface area contributed by atoms with E-state index < -0.39 is 10.0 Å². The summed E-state index contributed by atoms with van der Waals surface area (Å²) in [6, 6.07) is 24.4. The SMILES string of the molecule is Cc1ccc(S(=O)(=O)Nc2ccc(C(=O)Nc3ccc4ccccc4c3)c(Cl)c2)cc1. The van der Waals surface area contributed by atoms with Crippen LogP contribution in [0.1, 0.15) is 15.9 Å². The van der Waals surface area contributed by atoms with E-state index in [2.05, 4.69) is 10.0 Å². The number of carbonyl (C=O) groups excluding carboxylic acids is 1. The smallest absolute Gasteiger partial charge is 0.261 e. The van der Waals surface area contributed by atoms with Crippen LogP contribution in [0.15, 0.2) is 89.8 Å². The lowest BCUT2D eigenvalue weighted by molar-refractivity contribution is 0.102. The molecule has 0 aliphatic heterocycles. The van der Waals surface area contributed by atoms with Crippen molar-refractivity contribution in [3.8, 4) is 0 Å². The van der Waals surface area contributed by atoms with Crippen molar-refractivity contribution in [1.29, 1.82) is 0 Å². The van der Waals surface area contributed by atoms with E-state index in [0.717, 1.165) is 16.3 Å². The lowest BCUT2D eigenvalue weighted by Crippen LogP contribution is -2.15. The largest absolute Gasteiger partial charge is 0.322 e. The number of benzene rings is 4. The predicted molar refractivity (Wildman–Crippen MR) is 125 cm³/mol. The molecule has 0 aliphatic carbocycles. The van der Waals surface area contributed by atoms with Crippen LogP contribution in [-0.4, -0.2) is 14.3 Å². The minimum Gasteiger partial charge on any atom is -0.322 e. The summed E-state index contributed by atoms with van der Waals surface area (Å²) in [7, 11) is -3.76. The second-order valence-corrected chi connectivity index (χ2v) is 9.22. The third-order valence-electron chi connectivity index (χ3n) is 4.80. The maximum atomic E-state index is 12.7. The topological polar surface area (TPSA) is 75.3 Å². The van der Waals surface area contributed by atoms with Gasteiger partial charge in [-0.2, -0.15) is 0 Å². The van der Waals surface area contributed by atoms with Gasteiger partial charge in [-0.1, -0.05) is 59.6 Å². The summed E-state index contributed by atoms with van der Waals surface area (Å²) < 4.78 is 27.6. The molecule has 0 aliphatic rings. The Hall–Kier alpha value is -3.35. The molecule has 31 heavy (non-hydrogen) atoms. The molecule has 1 amide bonds. The Labute approximate surface area is 185 Å². The number of fused-ring (bicyclic) bond motifs is 1. The molecule has 0 saturated carbocycles. The van der Waals surface area contributed by atoms with Crippen LogP contribution in [0, 0.1) is 6.92 Å². The fraction of sp³-hybridized carbons (Fsp3) is 0.0417. The van der Waals surface area contributed by atoms with Crippen LogP contribution in [0.4, 0.5) is 11.4 Å². The number of amides is 1. The molecule has 7 heteroatoms. The minimum absolute atomic E-state index is 0.141. The number of hydrogen-bond donors (Lipinski definition) is 2. The van der Waals surface area contributed by atoms with Gasteiger partial charge in [-0.3, -0.25) is 9.52 Å². The zero-order chi connectivity index (χ0) is 22.0. The van der Waals surface area contributed by atoms with E-state index in [1.807, 2.05) is 49.4 Å². The van der Waals surface area contributed by atoms with Crippen molar-refractivity contribution in [1.82, 2.24) is 0 Å². The molecule has 0 saturated heterocycles. The van der Waals surface area contributed by atoms with Gasteiger partial charge < -0.3 is 5.32 Å². The van der Waals surface area contributed by atoms with E-state index in [9.17, 15) is 13.2 Å². The van der Waals surface area contributed by atoms with Crippen molar-refractivity contribution in [2.75, 3.05) is 10.0 Å². The maximum Gasteiger partial charge on any atom is 0.261 e. The Bertz CT molecular complexity index is 1380. The highest BCUT2D eigenvalue weighted by molar-refractivity contribution is 7.92. The molecule has 4 rings (SSSR count). The molecule has 0 bridgehead atoms. The van der Waals surface area contributed by atoms with Gasteiger partial charge in [0.25, 0.3) is 15.9 Å². The van der Waals surface area contributed by atoms with Gasteiger partial charge in [0, 0.05) is 5.69 Å². The van der Waals surface area contributed by atoms with Crippen LogP contribution in [0.2, 0.25) is 5.02 Å². The average molecular weight is 451 g/mol. The lowest BCUT2D eigenvalue weighted by Gasteiger charge is -2.11. The summed E-state index contributed by atoms with van der Waals surface area (Å²) in [6.07, 6.45) is 0. The first-order chi connectivity index (χ1) is 14.8. The third-order valence-corrected chi connectivity index (χ3v) is 6.51. The summed E-state index contributed by atoms with van der Waals surface area (Å²) in [5, 5.41) is 5.05. The number of aryl methyl sites for hydroxylation is 1. The van der Waals surface area contributed by atoms with Crippen molar-refractivity contribution in [2.24, 2.45) is 0 Å². The highest BCUT2D eigenvalue weighted by Gasteiger charge is 2.16. The van der Waals surface area contributed by atoms with Crippen molar-refractivity contribution in [3.63, 3.8) is 0 Å². The van der Waals surface area contributed by atoms with Crippen LogP contribution in [0.25, 0.3) is 10.8 Å². The number of halogens is 1. The maximum absolute atomic E-state index is 12.7. The molecule has 156 valence electrons. The summed E-state index contributed by atoms with van der Waals surface area (Å²) in [5.74, 6) is -0.381. The fourth-order valence-electron chi connectivity index (χ4n) is 3.16. The number of carbonyl (C=O) groups is 1. The van der Waals surface area contributed by atoms with Crippen molar-refractivity contribution < 1.29 is 13.2 Å². The molecule has 4 aromatic rings. The number of nitrogens with one attached hydrogen (secondary N) is 2. The Morgan fingerprint density at radius 3 is 2.19 bits per heavy atom. The van der Waals surface area contributed by atoms with Crippen LogP contribution < -0.4 is 10.0 Å². The van der Waals surface area contributed by atoms with E-state index in [4.69, 9.17) is 11.6 Å². The molecule has 0 aromatic heterocycles. The Morgan fingerprint density at radius 1 is 0.806 bits per heavy atom. The Balaban J connectivity index is 1.52. The molecule has 0 atom stereocenters. The van der Waals surface area contributed by atoms with E-state index in [0.29, 0.717) is 5.69 Å². The molecule has 0 unspecified atom stereocenters. The number of hydrogen-bond acceptors (Lipinski definition) is 3. The second-order valence-electron chi connectivity index (χ2n) is 7.13. The van der Waals surface area contributed by atoms with E-state index >= 15 is 0 Å². The molecule has 2 N–H and O–H groups in total. The van der Waals surface area contributed by atoms with Crippen LogP contribution >= 0.6 is 11.6 Å². The van der Waals surface area contributed by atoms with Crippen LogP contribution in [0.3, 0.4) is 0 Å². The summed E-state index contributed by atoms with van der Waals surface area (Å²) >= 11 is 6.29. The van der Waals surface area contributed by atoms with E-state index in [-0.39, 0.29) is 27.1 Å². The molecular weight excluding hydrogens is 432 g/mol. The van der Waals surface area contributed by atoms with Gasteiger partial charge in [0.05, 0.1) is 21.2 Å². The Kier molecular flexibility index (Phi) is 5.67. The Morgan fingerprint density at radius 2 is 1.48 bits per heavy atom. The summed E-state index contributed by atoms with van der Waals surface area (Å²) in [5.41, 5.74) is 2.12. The molecular formula is C24H19ClN2O3S. The number of anilines is 2. The summed E-state index contributed by atoms with van der Waals surface area (Å²) in [6.45, 7) is 1.88. The van der Waals surface area contributed by atoms with Gasteiger partial charge in [-0.05, 0) is 60.2 Å². The van der Waals surface area contributed by atoms with Crippen molar-refractivity contribution in [3.05, 3.63) is 101 Å². The normalized spacial score (nSPS) is 11.3. The zero-order valence-electron chi connectivity index (χ0n) is 16.6. The van der Waals surface area contributed by atoms with Gasteiger partial charge in [0.2, 0.25) is 0 Å². The standard InChI is InChI=1S/C24H19ClN2O3S/c1-16-6-11-21(12-7-16)31(29,30)27-20-10-13-22(23(25)15-20)24(28)26-19-9-8-17-4-2-3-5-18(17)14-19/h2-15,27H,1H3,(H,26,28). The van der Waals surface area contributed by atoms with Gasteiger partial charge in [-0.15, -0.1) is 0 Å². The number of rotatable bonds is 5. The van der Waals surface area contributed by atoms with E-state index in [1.165, 1.54) is 30.3 Å². The van der Waals surface area contributed by atoms with Gasteiger partial charge in [0.1, 0.15) is 0 Å². The molecule has 0 spiro atoms. The molecule has 4 aromatic carbocycles. The second kappa shape index (κ2) is 8.41. The first kappa shape index (κ1) is 20.9. The molecule has 0 fully saturated rings. The zero-order valence-corrected chi connectivity index (χ0v) is 18.2. The van der Waals surface area contributed by atoms with Crippen LogP contribution in [0.5, 0.6) is 0 Å². The lowest BCUT2D eigenvalue weighted by atomic mass is 10.1. The third kappa shape index (κ3) is 4.71. The first-order valence-corrected chi connectivity index (χ1v) is 11.4. The monoisotopic (exact) mass is 450 g/mol. The van der Waals surface area contributed by atoms with Gasteiger partial charge >= 0.3 is 0 Å². The first-order valence-electron chi connectivity index (χ1n) is 9.51. The highest BCUT2D eigenvalue weighted by atomic mass is 35.5. The highest BCUT2D eigenvalue weighted by Crippen LogP contribution is 2.25. The van der Waals surface area contributed by atoms with E-state index in [1.54, 1.807) is 12.1 Å². The van der Waals surface area contributed by atoms with Crippen molar-refractivity contribution in [2.45, 2.75) is 11.8 Å². The average Bonchev–Trinajstić information content (AvgIpc) is 2.73. The molecule has 0 heterocycles. The minimum atomic E-state index is -3.76. The number of sulfonamides is 1. The van der Waals surface area contributed by atoms with Crippen LogP contribution in [-0.2, 0) is 10.0 Å². The molecule has 5 nitrogen and oxygen atoms in total. The summed E-state index contributed by atoms with van der Waals surface area (Å²) in [4.78, 5) is 12.8. The fourth-order valence-corrected chi connectivity index (χ4v) is 4.48. The molecule has 0 radical (unpaired) electrons.